The zero-order chi connectivity index (χ0) is 11.9. The highest BCUT2D eigenvalue weighted by molar-refractivity contribution is 5.81. The summed E-state index contributed by atoms with van der Waals surface area (Å²) in [4.78, 5) is 11.9. The van der Waals surface area contributed by atoms with Gasteiger partial charge in [-0.25, -0.2) is 0 Å². The Morgan fingerprint density at radius 3 is 3.06 bits per heavy atom. The summed E-state index contributed by atoms with van der Waals surface area (Å²) in [5.74, 6) is -0.389. The van der Waals surface area contributed by atoms with E-state index in [2.05, 4.69) is 24.3 Å². The molecule has 1 saturated carbocycles. The zero-order valence-corrected chi connectivity index (χ0v) is 9.98. The maximum Gasteiger partial charge on any atom is 0.314 e. The molecule has 3 aliphatic carbocycles. The molecule has 0 bridgehead atoms. The molecule has 0 heterocycles. The first kappa shape index (κ1) is 10.8. The van der Waals surface area contributed by atoms with Gasteiger partial charge in [-0.2, -0.15) is 0 Å². The number of carbonyl (C=O) groups is 1. The number of fused-ring (bicyclic) bond motifs is 3. The molecule has 1 fully saturated rings. The van der Waals surface area contributed by atoms with Crippen LogP contribution in [0.1, 0.15) is 38.5 Å². The maximum atomic E-state index is 11.9. The van der Waals surface area contributed by atoms with Gasteiger partial charge >= 0.3 is 5.97 Å². The van der Waals surface area contributed by atoms with Crippen LogP contribution in [-0.2, 0) is 4.79 Å². The number of carboxylic acid groups (broad SMARTS) is 1. The third-order valence-corrected chi connectivity index (χ3v) is 4.63. The number of hydrogen-bond donors (Lipinski definition) is 1. The van der Waals surface area contributed by atoms with Gasteiger partial charge in [-0.05, 0) is 37.7 Å². The normalized spacial score (nSPS) is 35.4. The molecule has 0 saturated heterocycles. The Labute approximate surface area is 102 Å². The van der Waals surface area contributed by atoms with Crippen LogP contribution in [0.5, 0.6) is 0 Å². The van der Waals surface area contributed by atoms with Gasteiger partial charge in [-0.15, -0.1) is 0 Å². The van der Waals surface area contributed by atoms with Crippen molar-refractivity contribution in [3.8, 4) is 0 Å². The Morgan fingerprint density at radius 1 is 1.35 bits per heavy atom. The van der Waals surface area contributed by atoms with Crippen molar-refractivity contribution in [1.29, 1.82) is 0 Å². The lowest BCUT2D eigenvalue weighted by atomic mass is 9.57. The fraction of sp³-hybridized carbons (Fsp3) is 0.533. The number of allylic oxidation sites excluding steroid dienone is 5. The lowest BCUT2D eigenvalue weighted by Crippen LogP contribution is -2.44. The maximum absolute atomic E-state index is 11.9. The van der Waals surface area contributed by atoms with Crippen LogP contribution < -0.4 is 0 Å². The highest BCUT2D eigenvalue weighted by atomic mass is 16.4. The molecular weight excluding hydrogens is 212 g/mol. The summed E-state index contributed by atoms with van der Waals surface area (Å²) in [6, 6.07) is 0. The standard InChI is InChI=1S/C15H18O2/c16-14(17)15-10-4-3-6-12(15)9-8-11-5-1-2-7-13(11)15/h1,5,8-9,13H,2-4,6-7,10H2,(H,16,17). The van der Waals surface area contributed by atoms with Gasteiger partial charge in [0.15, 0.2) is 0 Å². The second-order valence-electron chi connectivity index (χ2n) is 5.37. The van der Waals surface area contributed by atoms with Crippen LogP contribution in [-0.4, -0.2) is 11.1 Å². The summed E-state index contributed by atoms with van der Waals surface area (Å²) in [5, 5.41) is 9.77. The van der Waals surface area contributed by atoms with E-state index in [9.17, 15) is 9.90 Å². The van der Waals surface area contributed by atoms with E-state index in [1.165, 1.54) is 11.1 Å². The average molecular weight is 230 g/mol. The smallest absolute Gasteiger partial charge is 0.314 e. The van der Waals surface area contributed by atoms with Crippen molar-refractivity contribution in [2.24, 2.45) is 11.3 Å². The van der Waals surface area contributed by atoms with E-state index < -0.39 is 11.4 Å². The van der Waals surface area contributed by atoms with E-state index in [0.29, 0.717) is 0 Å². The van der Waals surface area contributed by atoms with Gasteiger partial charge < -0.3 is 5.11 Å². The topological polar surface area (TPSA) is 37.3 Å². The third-order valence-electron chi connectivity index (χ3n) is 4.63. The van der Waals surface area contributed by atoms with Crippen LogP contribution >= 0.6 is 0 Å². The second kappa shape index (κ2) is 3.86. The fourth-order valence-corrected chi connectivity index (χ4v) is 3.79. The van der Waals surface area contributed by atoms with Gasteiger partial charge in [0, 0.05) is 5.92 Å². The van der Waals surface area contributed by atoms with Gasteiger partial charge in [0.2, 0.25) is 0 Å². The minimum atomic E-state index is -0.602. The number of rotatable bonds is 1. The van der Waals surface area contributed by atoms with Crippen molar-refractivity contribution in [2.75, 3.05) is 0 Å². The highest BCUT2D eigenvalue weighted by Gasteiger charge is 2.51. The van der Waals surface area contributed by atoms with Crippen LogP contribution in [0.3, 0.4) is 0 Å². The molecule has 0 aromatic heterocycles. The Morgan fingerprint density at radius 2 is 2.24 bits per heavy atom. The monoisotopic (exact) mass is 230 g/mol. The Balaban J connectivity index is 2.12. The van der Waals surface area contributed by atoms with Crippen molar-refractivity contribution >= 4 is 5.97 Å². The molecule has 0 spiro atoms. The van der Waals surface area contributed by atoms with Crippen molar-refractivity contribution in [1.82, 2.24) is 0 Å². The predicted octanol–water partition coefficient (Wildman–Crippen LogP) is 3.46. The summed E-state index contributed by atoms with van der Waals surface area (Å²) in [5.41, 5.74) is 1.82. The molecular formula is C15H18O2. The van der Waals surface area contributed by atoms with Crippen LogP contribution in [0.2, 0.25) is 0 Å². The molecule has 0 aromatic rings. The third kappa shape index (κ3) is 1.43. The minimum Gasteiger partial charge on any atom is -0.481 e. The molecule has 2 atom stereocenters. The largest absolute Gasteiger partial charge is 0.481 e. The Kier molecular flexibility index (Phi) is 2.46. The SMILES string of the molecule is O=C(O)C12CCCCC1=CC=C1C=CCCC12. The van der Waals surface area contributed by atoms with Crippen LogP contribution in [0.25, 0.3) is 0 Å². The van der Waals surface area contributed by atoms with E-state index in [0.717, 1.165) is 38.5 Å². The zero-order valence-electron chi connectivity index (χ0n) is 9.98. The van der Waals surface area contributed by atoms with Crippen molar-refractivity contribution in [2.45, 2.75) is 38.5 Å². The van der Waals surface area contributed by atoms with Crippen molar-refractivity contribution in [3.63, 3.8) is 0 Å². The molecule has 3 rings (SSSR count). The lowest BCUT2D eigenvalue weighted by Gasteiger charge is -2.45. The van der Waals surface area contributed by atoms with E-state index in [1.807, 2.05) is 0 Å². The molecule has 17 heavy (non-hydrogen) atoms. The Hall–Kier alpha value is -1.31. The second-order valence-corrected chi connectivity index (χ2v) is 5.37. The van der Waals surface area contributed by atoms with Crippen LogP contribution in [0.15, 0.2) is 35.5 Å². The molecule has 3 aliphatic rings. The van der Waals surface area contributed by atoms with Gasteiger partial charge in [-0.1, -0.05) is 36.3 Å². The summed E-state index contributed by atoms with van der Waals surface area (Å²) >= 11 is 0. The number of aliphatic carboxylic acids is 1. The molecule has 2 unspecified atom stereocenters. The van der Waals surface area contributed by atoms with Crippen LogP contribution in [0.4, 0.5) is 0 Å². The quantitative estimate of drug-likeness (QED) is 0.749. The molecule has 2 heteroatoms. The van der Waals surface area contributed by atoms with Gasteiger partial charge in [-0.3, -0.25) is 4.79 Å². The summed E-state index contributed by atoms with van der Waals surface area (Å²) in [7, 11) is 0. The van der Waals surface area contributed by atoms with E-state index in [1.54, 1.807) is 0 Å². The molecule has 90 valence electrons. The van der Waals surface area contributed by atoms with E-state index >= 15 is 0 Å². The minimum absolute atomic E-state index is 0.213. The first-order valence-corrected chi connectivity index (χ1v) is 6.56. The first-order chi connectivity index (χ1) is 8.25. The van der Waals surface area contributed by atoms with E-state index in [-0.39, 0.29) is 5.92 Å². The fourth-order valence-electron chi connectivity index (χ4n) is 3.79. The molecule has 0 aliphatic heterocycles. The first-order valence-electron chi connectivity index (χ1n) is 6.56. The summed E-state index contributed by atoms with van der Waals surface area (Å²) in [6.45, 7) is 0. The van der Waals surface area contributed by atoms with Crippen molar-refractivity contribution < 1.29 is 9.90 Å². The molecule has 0 amide bonds. The number of hydrogen-bond acceptors (Lipinski definition) is 1. The summed E-state index contributed by atoms with van der Waals surface area (Å²) < 4.78 is 0. The van der Waals surface area contributed by atoms with E-state index in [4.69, 9.17) is 0 Å². The van der Waals surface area contributed by atoms with Crippen LogP contribution in [0, 0.1) is 11.3 Å². The molecule has 0 radical (unpaired) electrons. The predicted molar refractivity (Wildman–Crippen MR) is 66.6 cm³/mol. The Bertz CT molecular complexity index is 442. The lowest BCUT2D eigenvalue weighted by molar-refractivity contribution is -0.150. The van der Waals surface area contributed by atoms with Crippen molar-refractivity contribution in [3.05, 3.63) is 35.5 Å². The summed E-state index contributed by atoms with van der Waals surface area (Å²) in [6.07, 6.45) is 14.5. The van der Waals surface area contributed by atoms with Gasteiger partial charge in [0.1, 0.15) is 0 Å². The van der Waals surface area contributed by atoms with Gasteiger partial charge in [0.25, 0.3) is 0 Å². The number of carboxylic acids is 1. The molecule has 1 N–H and O–H groups in total. The highest BCUT2D eigenvalue weighted by Crippen LogP contribution is 2.54. The average Bonchev–Trinajstić information content (AvgIpc) is 2.38. The molecule has 2 nitrogen and oxygen atoms in total. The van der Waals surface area contributed by atoms with Gasteiger partial charge in [0.05, 0.1) is 5.41 Å². The molecule has 0 aromatic carbocycles.